The summed E-state index contributed by atoms with van der Waals surface area (Å²) in [6.45, 7) is 3.31. The number of hydrogen-bond donors (Lipinski definition) is 0. The Morgan fingerprint density at radius 3 is 2.93 bits per heavy atom. The molecule has 14 heavy (non-hydrogen) atoms. The van der Waals surface area contributed by atoms with Gasteiger partial charge in [0.05, 0.1) is 5.69 Å². The highest BCUT2D eigenvalue weighted by molar-refractivity contribution is 6.30. The van der Waals surface area contributed by atoms with E-state index in [1.165, 1.54) is 6.92 Å². The van der Waals surface area contributed by atoms with Gasteiger partial charge in [-0.25, -0.2) is 0 Å². The summed E-state index contributed by atoms with van der Waals surface area (Å²) in [5.74, 6) is -0.307. The van der Waals surface area contributed by atoms with Gasteiger partial charge < -0.3 is 4.74 Å². The lowest BCUT2D eigenvalue weighted by Gasteiger charge is -2.14. The van der Waals surface area contributed by atoms with Crippen LogP contribution in [0.2, 0.25) is 5.02 Å². The molecule has 0 unspecified atom stereocenters. The second kappa shape index (κ2) is 4.96. The summed E-state index contributed by atoms with van der Waals surface area (Å²) in [6.07, 6.45) is 1.99. The van der Waals surface area contributed by atoms with Gasteiger partial charge in [0.2, 0.25) is 0 Å². The SMILES string of the molecule is CC[C@@H](OC(C)=O)c1cc(Cl)ccn1. The lowest BCUT2D eigenvalue weighted by molar-refractivity contribution is -0.147. The van der Waals surface area contributed by atoms with Gasteiger partial charge in [0.25, 0.3) is 0 Å². The fraction of sp³-hybridized carbons (Fsp3) is 0.400. The average molecular weight is 214 g/mol. The predicted molar refractivity (Wildman–Crippen MR) is 54.0 cm³/mol. The standard InChI is InChI=1S/C10H12ClNO2/c1-3-10(14-7(2)13)9-6-8(11)4-5-12-9/h4-6,10H,3H2,1-2H3/t10-/m1/s1. The molecule has 1 aromatic heterocycles. The van der Waals surface area contributed by atoms with E-state index in [0.29, 0.717) is 17.1 Å². The van der Waals surface area contributed by atoms with Gasteiger partial charge in [0, 0.05) is 18.1 Å². The smallest absolute Gasteiger partial charge is 0.303 e. The Bertz CT molecular complexity index is 328. The number of halogens is 1. The summed E-state index contributed by atoms with van der Waals surface area (Å²) in [4.78, 5) is 14.9. The Kier molecular flexibility index (Phi) is 3.89. The molecule has 0 bridgehead atoms. The Morgan fingerprint density at radius 1 is 1.71 bits per heavy atom. The summed E-state index contributed by atoms with van der Waals surface area (Å²) in [6, 6.07) is 3.39. The zero-order valence-electron chi connectivity index (χ0n) is 8.16. The van der Waals surface area contributed by atoms with Crippen molar-refractivity contribution >= 4 is 17.6 Å². The minimum Gasteiger partial charge on any atom is -0.456 e. The van der Waals surface area contributed by atoms with Crippen LogP contribution in [0.15, 0.2) is 18.3 Å². The van der Waals surface area contributed by atoms with Crippen LogP contribution in [-0.4, -0.2) is 11.0 Å². The lowest BCUT2D eigenvalue weighted by Crippen LogP contribution is -2.08. The van der Waals surface area contributed by atoms with Crippen molar-refractivity contribution in [3.8, 4) is 0 Å². The fourth-order valence-corrected chi connectivity index (χ4v) is 1.32. The first-order valence-corrected chi connectivity index (χ1v) is 4.80. The van der Waals surface area contributed by atoms with Crippen molar-refractivity contribution in [1.82, 2.24) is 4.98 Å². The summed E-state index contributed by atoms with van der Waals surface area (Å²) in [5.41, 5.74) is 0.690. The van der Waals surface area contributed by atoms with E-state index in [1.54, 1.807) is 18.3 Å². The number of aromatic nitrogens is 1. The number of carbonyl (C=O) groups excluding carboxylic acids is 1. The van der Waals surface area contributed by atoms with Crippen molar-refractivity contribution in [2.75, 3.05) is 0 Å². The average Bonchev–Trinajstić information content (AvgIpc) is 2.14. The maximum absolute atomic E-state index is 10.8. The minimum absolute atomic E-state index is 0.300. The number of ether oxygens (including phenoxy) is 1. The quantitative estimate of drug-likeness (QED) is 0.725. The molecule has 0 aliphatic heterocycles. The van der Waals surface area contributed by atoms with Gasteiger partial charge in [-0.1, -0.05) is 18.5 Å². The molecule has 0 aromatic carbocycles. The van der Waals surface area contributed by atoms with E-state index >= 15 is 0 Å². The Morgan fingerprint density at radius 2 is 2.43 bits per heavy atom. The first-order chi connectivity index (χ1) is 6.63. The van der Waals surface area contributed by atoms with Crippen molar-refractivity contribution in [2.24, 2.45) is 0 Å². The van der Waals surface area contributed by atoms with Crippen LogP contribution in [0.4, 0.5) is 0 Å². The molecule has 3 nitrogen and oxygen atoms in total. The van der Waals surface area contributed by atoms with Gasteiger partial charge in [0.15, 0.2) is 0 Å². The van der Waals surface area contributed by atoms with Gasteiger partial charge in [-0.3, -0.25) is 9.78 Å². The van der Waals surface area contributed by atoms with E-state index in [0.717, 1.165) is 0 Å². The topological polar surface area (TPSA) is 39.2 Å². The van der Waals surface area contributed by atoms with E-state index in [2.05, 4.69) is 4.98 Å². The molecule has 0 saturated heterocycles. The minimum atomic E-state index is -0.307. The summed E-state index contributed by atoms with van der Waals surface area (Å²) in [5, 5.41) is 0.598. The zero-order valence-corrected chi connectivity index (χ0v) is 8.91. The van der Waals surface area contributed by atoms with Crippen LogP contribution in [-0.2, 0) is 9.53 Å². The van der Waals surface area contributed by atoms with Crippen molar-refractivity contribution < 1.29 is 9.53 Å². The van der Waals surface area contributed by atoms with Crippen LogP contribution in [0, 0.1) is 0 Å². The van der Waals surface area contributed by atoms with Crippen molar-refractivity contribution in [2.45, 2.75) is 26.4 Å². The summed E-state index contributed by atoms with van der Waals surface area (Å²) < 4.78 is 5.08. The van der Waals surface area contributed by atoms with Crippen LogP contribution >= 0.6 is 11.6 Å². The Hall–Kier alpha value is -1.09. The van der Waals surface area contributed by atoms with Crippen molar-refractivity contribution in [1.29, 1.82) is 0 Å². The molecule has 0 radical (unpaired) electrons. The van der Waals surface area contributed by atoms with Crippen LogP contribution < -0.4 is 0 Å². The maximum Gasteiger partial charge on any atom is 0.303 e. The number of esters is 1. The third-order valence-electron chi connectivity index (χ3n) is 1.75. The molecule has 1 rings (SSSR count). The third kappa shape index (κ3) is 3.00. The molecule has 1 aromatic rings. The van der Waals surface area contributed by atoms with E-state index < -0.39 is 0 Å². The molecule has 1 atom stereocenters. The molecular formula is C10H12ClNO2. The van der Waals surface area contributed by atoms with Crippen LogP contribution in [0.5, 0.6) is 0 Å². The Labute approximate surface area is 88.1 Å². The highest BCUT2D eigenvalue weighted by Gasteiger charge is 2.13. The Balaban J connectivity index is 2.83. The number of pyridine rings is 1. The molecule has 1 heterocycles. The van der Waals surface area contributed by atoms with E-state index in [4.69, 9.17) is 16.3 Å². The molecule has 0 fully saturated rings. The van der Waals surface area contributed by atoms with E-state index in [-0.39, 0.29) is 12.1 Å². The highest BCUT2D eigenvalue weighted by atomic mass is 35.5. The van der Waals surface area contributed by atoms with Crippen molar-refractivity contribution in [3.05, 3.63) is 29.0 Å². The third-order valence-corrected chi connectivity index (χ3v) is 1.99. The molecule has 0 amide bonds. The molecule has 0 aliphatic rings. The first kappa shape index (κ1) is 11.0. The predicted octanol–water partition coefficient (Wildman–Crippen LogP) is 2.75. The van der Waals surface area contributed by atoms with Gasteiger partial charge in [-0.05, 0) is 18.6 Å². The van der Waals surface area contributed by atoms with Crippen LogP contribution in [0.1, 0.15) is 32.1 Å². The molecular weight excluding hydrogens is 202 g/mol. The normalized spacial score (nSPS) is 12.2. The van der Waals surface area contributed by atoms with Gasteiger partial charge >= 0.3 is 5.97 Å². The van der Waals surface area contributed by atoms with Gasteiger partial charge in [-0.2, -0.15) is 0 Å². The fourth-order valence-electron chi connectivity index (χ4n) is 1.15. The van der Waals surface area contributed by atoms with Crippen LogP contribution in [0.25, 0.3) is 0 Å². The van der Waals surface area contributed by atoms with Gasteiger partial charge in [-0.15, -0.1) is 0 Å². The summed E-state index contributed by atoms with van der Waals surface area (Å²) in [7, 11) is 0. The van der Waals surface area contributed by atoms with Crippen molar-refractivity contribution in [3.63, 3.8) is 0 Å². The number of nitrogens with zero attached hydrogens (tertiary/aromatic N) is 1. The highest BCUT2D eigenvalue weighted by Crippen LogP contribution is 2.21. The summed E-state index contributed by atoms with van der Waals surface area (Å²) >= 11 is 5.80. The lowest BCUT2D eigenvalue weighted by atomic mass is 10.2. The number of hydrogen-bond acceptors (Lipinski definition) is 3. The largest absolute Gasteiger partial charge is 0.456 e. The van der Waals surface area contributed by atoms with Crippen LogP contribution in [0.3, 0.4) is 0 Å². The van der Waals surface area contributed by atoms with E-state index in [9.17, 15) is 4.79 Å². The molecule has 4 heteroatoms. The second-order valence-corrected chi connectivity index (χ2v) is 3.34. The molecule has 76 valence electrons. The second-order valence-electron chi connectivity index (χ2n) is 2.91. The molecule has 0 spiro atoms. The first-order valence-electron chi connectivity index (χ1n) is 4.42. The van der Waals surface area contributed by atoms with Gasteiger partial charge in [0.1, 0.15) is 6.10 Å². The van der Waals surface area contributed by atoms with E-state index in [1.807, 2.05) is 6.92 Å². The molecule has 0 aliphatic carbocycles. The molecule has 0 saturated carbocycles. The number of rotatable bonds is 3. The monoisotopic (exact) mass is 213 g/mol. The molecule has 0 N–H and O–H groups in total. The number of carbonyl (C=O) groups is 1. The maximum atomic E-state index is 10.8. The zero-order chi connectivity index (χ0) is 10.6.